The summed E-state index contributed by atoms with van der Waals surface area (Å²) in [5.41, 5.74) is 0.975. The molecule has 1 N–H and O–H groups in total. The average molecular weight is 402 g/mol. The van der Waals surface area contributed by atoms with E-state index in [1.807, 2.05) is 13.8 Å². The largest absolute Gasteiger partial charge is 0.487 e. The van der Waals surface area contributed by atoms with Gasteiger partial charge in [0.1, 0.15) is 0 Å². The molecule has 0 radical (unpaired) electrons. The molecule has 9 heteroatoms. The number of esters is 1. The summed E-state index contributed by atoms with van der Waals surface area (Å²) in [4.78, 5) is 32.4. The Hall–Kier alpha value is -2.97. The van der Waals surface area contributed by atoms with E-state index >= 15 is 0 Å². The zero-order valence-corrected chi connectivity index (χ0v) is 17.1. The Morgan fingerprint density at radius 1 is 1.28 bits per heavy atom. The van der Waals surface area contributed by atoms with E-state index in [1.165, 1.54) is 10.9 Å². The molecule has 1 unspecified atom stereocenters. The Balaban J connectivity index is 1.73. The van der Waals surface area contributed by atoms with Gasteiger partial charge in [0.2, 0.25) is 0 Å². The third kappa shape index (κ3) is 4.72. The van der Waals surface area contributed by atoms with E-state index in [2.05, 4.69) is 15.1 Å². The van der Waals surface area contributed by atoms with E-state index in [0.717, 1.165) is 19.3 Å². The molecule has 1 saturated carbocycles. The van der Waals surface area contributed by atoms with Crippen LogP contribution in [0.4, 0.5) is 0 Å². The number of carbonyl (C=O) groups excluding carboxylic acids is 1. The normalized spacial score (nSPS) is 19.2. The van der Waals surface area contributed by atoms with Gasteiger partial charge in [0.15, 0.2) is 17.3 Å². The summed E-state index contributed by atoms with van der Waals surface area (Å²) in [6, 6.07) is 0. The van der Waals surface area contributed by atoms with E-state index in [4.69, 9.17) is 9.47 Å². The molecule has 3 rings (SSSR count). The van der Waals surface area contributed by atoms with Gasteiger partial charge in [-0.2, -0.15) is 5.10 Å². The highest BCUT2D eigenvalue weighted by Gasteiger charge is 2.30. The monoisotopic (exact) mass is 402 g/mol. The molecule has 0 aliphatic heterocycles. The van der Waals surface area contributed by atoms with Gasteiger partial charge in [-0.05, 0) is 46.5 Å². The lowest BCUT2D eigenvalue weighted by molar-refractivity contribution is -0.154. The van der Waals surface area contributed by atoms with Gasteiger partial charge < -0.3 is 14.6 Å². The molecular formula is C20H26N4O5. The first-order valence-corrected chi connectivity index (χ1v) is 9.72. The van der Waals surface area contributed by atoms with Gasteiger partial charge in [0, 0.05) is 7.05 Å². The van der Waals surface area contributed by atoms with Crippen LogP contribution in [-0.2, 0) is 16.6 Å². The third-order valence-corrected chi connectivity index (χ3v) is 4.92. The fraction of sp³-hybridized carbons (Fsp3) is 0.550. The summed E-state index contributed by atoms with van der Waals surface area (Å²) in [5, 5.41) is 13.4. The van der Waals surface area contributed by atoms with Crippen LogP contribution in [0.15, 0.2) is 12.4 Å². The molecule has 0 bridgehead atoms. The molecule has 0 spiro atoms. The fourth-order valence-corrected chi connectivity index (χ4v) is 3.53. The number of carboxylic acid groups (broad SMARTS) is 1. The number of aryl methyl sites for hydroxylation is 2. The maximum absolute atomic E-state index is 12.2. The highest BCUT2D eigenvalue weighted by molar-refractivity contribution is 5.92. The van der Waals surface area contributed by atoms with Crippen molar-refractivity contribution >= 4 is 11.9 Å². The highest BCUT2D eigenvalue weighted by atomic mass is 16.5. The molecule has 29 heavy (non-hydrogen) atoms. The summed E-state index contributed by atoms with van der Waals surface area (Å²) < 4.78 is 12.7. The van der Waals surface area contributed by atoms with Crippen molar-refractivity contribution in [2.75, 3.05) is 0 Å². The van der Waals surface area contributed by atoms with Crippen molar-refractivity contribution in [1.82, 2.24) is 19.7 Å². The molecule has 1 aliphatic carbocycles. The summed E-state index contributed by atoms with van der Waals surface area (Å²) in [6.45, 7) is 5.47. The maximum Gasteiger partial charge on any atom is 0.354 e. The van der Waals surface area contributed by atoms with Crippen LogP contribution >= 0.6 is 0 Å². The third-order valence-electron chi connectivity index (χ3n) is 4.92. The second-order valence-corrected chi connectivity index (χ2v) is 7.57. The van der Waals surface area contributed by atoms with E-state index in [0.29, 0.717) is 23.4 Å². The standard InChI is InChI=1S/C20H26N4O5/c1-11(2)28-20(27)13-6-5-7-14(8-13)29-16-10-21-18(23-12(16)3)15-9-22-24(4)17(15)19(25)26/h9-11,13-14H,5-8H2,1-4H3,(H,25,26)/t13?,14-/m0/s1. The lowest BCUT2D eigenvalue weighted by atomic mass is 9.87. The number of carbonyl (C=O) groups is 2. The number of ether oxygens (including phenoxy) is 2. The molecule has 0 aromatic carbocycles. The number of aromatic nitrogens is 4. The molecule has 2 heterocycles. The van der Waals surface area contributed by atoms with Gasteiger partial charge in [0.05, 0.1) is 41.8 Å². The number of nitrogens with zero attached hydrogens (tertiary/aromatic N) is 4. The second-order valence-electron chi connectivity index (χ2n) is 7.57. The minimum Gasteiger partial charge on any atom is -0.487 e. The number of carboxylic acids is 1. The van der Waals surface area contributed by atoms with Gasteiger partial charge >= 0.3 is 11.9 Å². The van der Waals surface area contributed by atoms with Crippen LogP contribution in [0.5, 0.6) is 5.75 Å². The molecule has 0 amide bonds. The van der Waals surface area contributed by atoms with Crippen LogP contribution in [0.2, 0.25) is 0 Å². The molecule has 2 atom stereocenters. The molecule has 1 fully saturated rings. The quantitative estimate of drug-likeness (QED) is 0.733. The van der Waals surface area contributed by atoms with E-state index in [9.17, 15) is 14.7 Å². The Labute approximate surface area is 169 Å². The van der Waals surface area contributed by atoms with Crippen molar-refractivity contribution in [1.29, 1.82) is 0 Å². The first-order chi connectivity index (χ1) is 13.8. The number of hydrogen-bond donors (Lipinski definition) is 1. The van der Waals surface area contributed by atoms with Crippen LogP contribution in [0, 0.1) is 12.8 Å². The molecule has 156 valence electrons. The van der Waals surface area contributed by atoms with Crippen LogP contribution in [0.25, 0.3) is 11.4 Å². The Bertz CT molecular complexity index is 908. The maximum atomic E-state index is 12.2. The van der Waals surface area contributed by atoms with Crippen molar-refractivity contribution in [3.63, 3.8) is 0 Å². The van der Waals surface area contributed by atoms with Crippen molar-refractivity contribution in [2.24, 2.45) is 13.0 Å². The number of hydrogen-bond acceptors (Lipinski definition) is 7. The lowest BCUT2D eigenvalue weighted by Gasteiger charge is -2.29. The van der Waals surface area contributed by atoms with Crippen LogP contribution in [-0.4, -0.2) is 49.0 Å². The molecule has 2 aromatic rings. The summed E-state index contributed by atoms with van der Waals surface area (Å²) in [5.74, 6) is -0.623. The van der Waals surface area contributed by atoms with Crippen LogP contribution in [0.1, 0.15) is 55.7 Å². The molecule has 1 aliphatic rings. The van der Waals surface area contributed by atoms with Gasteiger partial charge in [-0.3, -0.25) is 9.48 Å². The van der Waals surface area contributed by atoms with Crippen molar-refractivity contribution < 1.29 is 24.2 Å². The van der Waals surface area contributed by atoms with Crippen molar-refractivity contribution in [3.05, 3.63) is 23.8 Å². The molecule has 0 saturated heterocycles. The van der Waals surface area contributed by atoms with E-state index in [1.54, 1.807) is 20.2 Å². The SMILES string of the molecule is Cc1nc(-c2cnn(C)c2C(=O)O)ncc1O[C@H]1CCCC(C(=O)OC(C)C)C1. The minimum atomic E-state index is -1.09. The molecule has 9 nitrogen and oxygen atoms in total. The van der Waals surface area contributed by atoms with Crippen molar-refractivity contribution in [3.8, 4) is 17.1 Å². The van der Waals surface area contributed by atoms with Crippen molar-refractivity contribution in [2.45, 2.75) is 58.7 Å². The van der Waals surface area contributed by atoms with Gasteiger partial charge in [-0.1, -0.05) is 0 Å². The summed E-state index contributed by atoms with van der Waals surface area (Å²) in [6.07, 6.45) is 5.87. The predicted molar refractivity (Wildman–Crippen MR) is 104 cm³/mol. The second kappa shape index (κ2) is 8.59. The first-order valence-electron chi connectivity index (χ1n) is 9.72. The molecular weight excluding hydrogens is 376 g/mol. The summed E-state index contributed by atoms with van der Waals surface area (Å²) >= 11 is 0. The zero-order chi connectivity index (χ0) is 21.1. The minimum absolute atomic E-state index is 0.0249. The Morgan fingerprint density at radius 2 is 2.03 bits per heavy atom. The predicted octanol–water partition coefficient (Wildman–Crippen LogP) is 2.77. The van der Waals surface area contributed by atoms with E-state index < -0.39 is 5.97 Å². The van der Waals surface area contributed by atoms with Gasteiger partial charge in [0.25, 0.3) is 0 Å². The molecule has 2 aromatic heterocycles. The first kappa shape index (κ1) is 20.8. The Kier molecular flexibility index (Phi) is 6.14. The lowest BCUT2D eigenvalue weighted by Crippen LogP contribution is -2.32. The summed E-state index contributed by atoms with van der Waals surface area (Å²) in [7, 11) is 1.56. The number of rotatable bonds is 6. The van der Waals surface area contributed by atoms with Crippen LogP contribution < -0.4 is 4.74 Å². The Morgan fingerprint density at radius 3 is 2.69 bits per heavy atom. The topological polar surface area (TPSA) is 116 Å². The highest BCUT2D eigenvalue weighted by Crippen LogP contribution is 2.30. The average Bonchev–Trinajstić information content (AvgIpc) is 3.05. The zero-order valence-electron chi connectivity index (χ0n) is 17.1. The van der Waals surface area contributed by atoms with E-state index in [-0.39, 0.29) is 35.6 Å². The fourth-order valence-electron chi connectivity index (χ4n) is 3.53. The van der Waals surface area contributed by atoms with Gasteiger partial charge in [-0.15, -0.1) is 0 Å². The van der Waals surface area contributed by atoms with Gasteiger partial charge in [-0.25, -0.2) is 14.8 Å². The van der Waals surface area contributed by atoms with Crippen LogP contribution in [0.3, 0.4) is 0 Å². The smallest absolute Gasteiger partial charge is 0.354 e. The number of aromatic carboxylic acids is 1.